The van der Waals surface area contributed by atoms with E-state index >= 15 is 0 Å². The van der Waals surface area contributed by atoms with Gasteiger partial charge >= 0.3 is 0 Å². The summed E-state index contributed by atoms with van der Waals surface area (Å²) in [4.78, 5) is 23.3. The van der Waals surface area contributed by atoms with Gasteiger partial charge < -0.3 is 4.90 Å². The van der Waals surface area contributed by atoms with Crippen LogP contribution in [-0.2, 0) is 11.2 Å². The molecule has 0 spiro atoms. The molecule has 5 heteroatoms. The van der Waals surface area contributed by atoms with Gasteiger partial charge in [0.1, 0.15) is 5.01 Å². The van der Waals surface area contributed by atoms with Crippen molar-refractivity contribution in [3.8, 4) is 0 Å². The topological polar surface area (TPSA) is 46.1 Å². The third-order valence-electron chi connectivity index (χ3n) is 3.88. The van der Waals surface area contributed by atoms with Gasteiger partial charge in [-0.1, -0.05) is 6.07 Å². The highest BCUT2D eigenvalue weighted by atomic mass is 32.1. The quantitative estimate of drug-likeness (QED) is 0.871. The van der Waals surface area contributed by atoms with Crippen molar-refractivity contribution in [1.29, 1.82) is 0 Å². The number of piperidine rings is 1. The second-order valence-corrected chi connectivity index (χ2v) is 6.22. The molecule has 1 fully saturated rings. The molecule has 110 valence electrons. The van der Waals surface area contributed by atoms with E-state index in [0.717, 1.165) is 30.1 Å². The van der Waals surface area contributed by atoms with Crippen LogP contribution in [0.25, 0.3) is 0 Å². The average Bonchev–Trinajstić information content (AvgIpc) is 3.08. The van der Waals surface area contributed by atoms with Gasteiger partial charge in [-0.3, -0.25) is 9.78 Å². The number of hydrogen-bond acceptors (Lipinski definition) is 4. The highest BCUT2D eigenvalue weighted by Gasteiger charge is 2.29. The molecule has 21 heavy (non-hydrogen) atoms. The molecule has 4 nitrogen and oxygen atoms in total. The molecule has 2 aromatic rings. The predicted octanol–water partition coefficient (Wildman–Crippen LogP) is 3.22. The van der Waals surface area contributed by atoms with E-state index in [2.05, 4.69) is 9.97 Å². The Morgan fingerprint density at radius 2 is 2.24 bits per heavy atom. The summed E-state index contributed by atoms with van der Waals surface area (Å²) in [7, 11) is 0. The molecule has 0 saturated carbocycles. The van der Waals surface area contributed by atoms with Crippen LogP contribution in [0.1, 0.15) is 42.4 Å². The van der Waals surface area contributed by atoms with Gasteiger partial charge in [0.2, 0.25) is 5.91 Å². The molecule has 0 aliphatic carbocycles. The van der Waals surface area contributed by atoms with Gasteiger partial charge in [0.25, 0.3) is 0 Å². The second-order valence-electron chi connectivity index (χ2n) is 5.29. The molecule has 0 unspecified atom stereocenters. The zero-order valence-electron chi connectivity index (χ0n) is 11.9. The van der Waals surface area contributed by atoms with E-state index in [9.17, 15) is 4.79 Å². The molecule has 1 aliphatic heterocycles. The first kappa shape index (κ1) is 14.2. The molecule has 1 aliphatic rings. The Morgan fingerprint density at radius 3 is 3.00 bits per heavy atom. The van der Waals surface area contributed by atoms with Crippen molar-refractivity contribution in [3.05, 3.63) is 46.7 Å². The van der Waals surface area contributed by atoms with Crippen molar-refractivity contribution in [2.45, 2.75) is 38.1 Å². The number of aromatic nitrogens is 2. The first-order valence-corrected chi connectivity index (χ1v) is 8.31. The summed E-state index contributed by atoms with van der Waals surface area (Å²) in [6.45, 7) is 0.852. The van der Waals surface area contributed by atoms with Crippen LogP contribution in [-0.4, -0.2) is 27.3 Å². The smallest absolute Gasteiger partial charge is 0.223 e. The molecule has 0 bridgehead atoms. The van der Waals surface area contributed by atoms with Gasteiger partial charge in [0.05, 0.1) is 6.04 Å². The molecule has 1 atom stereocenters. The third kappa shape index (κ3) is 3.47. The van der Waals surface area contributed by atoms with Crippen LogP contribution in [0.2, 0.25) is 0 Å². The Labute approximate surface area is 128 Å². The molecule has 0 aromatic carbocycles. The zero-order chi connectivity index (χ0) is 14.5. The fraction of sp³-hybridized carbons (Fsp3) is 0.438. The maximum atomic E-state index is 12.6. The standard InChI is InChI=1S/C16H19N3OS/c20-15(8-7-13-5-1-3-9-17-13)19-11-4-2-6-14(19)16-18-10-12-21-16/h1,3,5,9-10,12,14H,2,4,6-8,11H2/t14-/m1/s1. The van der Waals surface area contributed by atoms with Crippen LogP contribution in [0.3, 0.4) is 0 Å². The lowest BCUT2D eigenvalue weighted by atomic mass is 10.0. The first-order chi connectivity index (χ1) is 10.3. The summed E-state index contributed by atoms with van der Waals surface area (Å²) < 4.78 is 0. The Morgan fingerprint density at radius 1 is 1.29 bits per heavy atom. The Bertz CT molecular complexity index is 570. The van der Waals surface area contributed by atoms with Crippen molar-refractivity contribution in [2.24, 2.45) is 0 Å². The lowest BCUT2D eigenvalue weighted by Gasteiger charge is -2.34. The van der Waals surface area contributed by atoms with Crippen molar-refractivity contribution in [1.82, 2.24) is 14.9 Å². The maximum absolute atomic E-state index is 12.6. The maximum Gasteiger partial charge on any atom is 0.223 e. The van der Waals surface area contributed by atoms with Gasteiger partial charge in [-0.15, -0.1) is 11.3 Å². The SMILES string of the molecule is O=C(CCc1ccccn1)N1CCCC[C@@H]1c1nccs1. The summed E-state index contributed by atoms with van der Waals surface area (Å²) in [5.41, 5.74) is 0.980. The van der Waals surface area contributed by atoms with Crippen molar-refractivity contribution >= 4 is 17.2 Å². The highest BCUT2D eigenvalue weighted by molar-refractivity contribution is 7.09. The molecular weight excluding hydrogens is 282 g/mol. The van der Waals surface area contributed by atoms with E-state index in [0.29, 0.717) is 12.8 Å². The zero-order valence-corrected chi connectivity index (χ0v) is 12.8. The molecule has 3 rings (SSSR count). The van der Waals surface area contributed by atoms with Gasteiger partial charge in [-0.2, -0.15) is 0 Å². The predicted molar refractivity (Wildman–Crippen MR) is 83.0 cm³/mol. The van der Waals surface area contributed by atoms with E-state index in [1.807, 2.05) is 34.7 Å². The van der Waals surface area contributed by atoms with Crippen molar-refractivity contribution in [2.75, 3.05) is 6.54 Å². The first-order valence-electron chi connectivity index (χ1n) is 7.43. The number of amides is 1. The van der Waals surface area contributed by atoms with Gasteiger partial charge in [-0.25, -0.2) is 4.98 Å². The molecule has 1 saturated heterocycles. The van der Waals surface area contributed by atoms with Crippen LogP contribution >= 0.6 is 11.3 Å². The largest absolute Gasteiger partial charge is 0.333 e. The Balaban J connectivity index is 1.64. The molecule has 2 aromatic heterocycles. The Kier molecular flexibility index (Phi) is 4.60. The average molecular weight is 301 g/mol. The minimum absolute atomic E-state index is 0.176. The normalized spacial score (nSPS) is 18.7. The number of pyridine rings is 1. The van der Waals surface area contributed by atoms with Crippen molar-refractivity contribution in [3.63, 3.8) is 0 Å². The Hall–Kier alpha value is -1.75. The number of carbonyl (C=O) groups is 1. The van der Waals surface area contributed by atoms with Gasteiger partial charge in [-0.05, 0) is 37.8 Å². The van der Waals surface area contributed by atoms with E-state index in [1.165, 1.54) is 6.42 Å². The molecule has 1 amide bonds. The van der Waals surface area contributed by atoms with E-state index in [4.69, 9.17) is 0 Å². The van der Waals surface area contributed by atoms with E-state index < -0.39 is 0 Å². The third-order valence-corrected chi connectivity index (χ3v) is 4.76. The van der Waals surface area contributed by atoms with Crippen LogP contribution in [0.5, 0.6) is 0 Å². The number of nitrogens with zero attached hydrogens (tertiary/aromatic N) is 3. The lowest BCUT2D eigenvalue weighted by molar-refractivity contribution is -0.135. The second kappa shape index (κ2) is 6.80. The number of carbonyl (C=O) groups excluding carboxylic acids is 1. The van der Waals surface area contributed by atoms with Crippen molar-refractivity contribution < 1.29 is 4.79 Å². The van der Waals surface area contributed by atoms with Gasteiger partial charge in [0.15, 0.2) is 0 Å². The number of thiazole rings is 1. The number of aryl methyl sites for hydroxylation is 1. The number of hydrogen-bond donors (Lipinski definition) is 0. The van der Waals surface area contributed by atoms with Crippen LogP contribution in [0.15, 0.2) is 36.0 Å². The fourth-order valence-corrected chi connectivity index (χ4v) is 3.60. The summed E-state index contributed by atoms with van der Waals surface area (Å²) in [6.07, 6.45) is 8.14. The van der Waals surface area contributed by atoms with Crippen LogP contribution < -0.4 is 0 Å². The molecule has 0 radical (unpaired) electrons. The van der Waals surface area contributed by atoms with Gasteiger partial charge in [0, 0.05) is 36.4 Å². The molecule has 0 N–H and O–H groups in total. The van der Waals surface area contributed by atoms with E-state index in [-0.39, 0.29) is 11.9 Å². The summed E-state index contributed by atoms with van der Waals surface area (Å²) in [6, 6.07) is 6.01. The lowest BCUT2D eigenvalue weighted by Crippen LogP contribution is -2.38. The van der Waals surface area contributed by atoms with Crippen LogP contribution in [0, 0.1) is 0 Å². The molecular formula is C16H19N3OS. The minimum Gasteiger partial charge on any atom is -0.333 e. The number of likely N-dealkylation sites (tertiary alicyclic amines) is 1. The summed E-state index contributed by atoms with van der Waals surface area (Å²) in [5, 5.41) is 3.06. The minimum atomic E-state index is 0.176. The fourth-order valence-electron chi connectivity index (χ4n) is 2.81. The van der Waals surface area contributed by atoms with Crippen LogP contribution in [0.4, 0.5) is 0 Å². The number of rotatable bonds is 4. The monoisotopic (exact) mass is 301 g/mol. The summed E-state index contributed by atoms with van der Waals surface area (Å²) >= 11 is 1.65. The van der Waals surface area contributed by atoms with E-state index in [1.54, 1.807) is 17.5 Å². The highest BCUT2D eigenvalue weighted by Crippen LogP contribution is 2.32. The molecule has 3 heterocycles. The summed E-state index contributed by atoms with van der Waals surface area (Å²) in [5.74, 6) is 0.223.